The fraction of sp³-hybridized carbons (Fsp3) is 0.333. The van der Waals surface area contributed by atoms with Gasteiger partial charge in [-0.05, 0) is 41.7 Å². The summed E-state index contributed by atoms with van der Waals surface area (Å²) in [6, 6.07) is 19.8. The van der Waals surface area contributed by atoms with E-state index in [0.29, 0.717) is 24.4 Å². The van der Waals surface area contributed by atoms with Crippen LogP contribution < -0.4 is 5.32 Å². The van der Waals surface area contributed by atoms with Gasteiger partial charge in [0.05, 0.1) is 0 Å². The van der Waals surface area contributed by atoms with E-state index in [0.717, 1.165) is 16.3 Å². The van der Waals surface area contributed by atoms with Crippen LogP contribution in [0.1, 0.15) is 38.3 Å². The van der Waals surface area contributed by atoms with Crippen molar-refractivity contribution < 1.29 is 14.0 Å². The van der Waals surface area contributed by atoms with Crippen molar-refractivity contribution in [2.75, 3.05) is 6.54 Å². The van der Waals surface area contributed by atoms with Gasteiger partial charge in [0.2, 0.25) is 11.8 Å². The first-order valence-corrected chi connectivity index (χ1v) is 11.1. The van der Waals surface area contributed by atoms with E-state index < -0.39 is 6.04 Å². The average Bonchev–Trinajstić information content (AvgIpc) is 2.80. The lowest BCUT2D eigenvalue weighted by atomic mass is 10.0. The predicted molar refractivity (Wildman–Crippen MR) is 127 cm³/mol. The van der Waals surface area contributed by atoms with Gasteiger partial charge < -0.3 is 10.2 Å². The van der Waals surface area contributed by atoms with Crippen LogP contribution in [0.3, 0.4) is 0 Å². The van der Waals surface area contributed by atoms with E-state index in [4.69, 9.17) is 0 Å². The van der Waals surface area contributed by atoms with Gasteiger partial charge >= 0.3 is 0 Å². The second-order valence-electron chi connectivity index (χ2n) is 8.57. The highest BCUT2D eigenvalue weighted by Crippen LogP contribution is 2.21. The number of carbonyl (C=O) groups is 2. The third kappa shape index (κ3) is 5.94. The number of fused-ring (bicyclic) bond motifs is 1. The highest BCUT2D eigenvalue weighted by Gasteiger charge is 2.26. The van der Waals surface area contributed by atoms with Crippen molar-refractivity contribution in [3.8, 4) is 0 Å². The molecular formula is C27H31FN2O2. The molecule has 0 aliphatic carbocycles. The maximum Gasteiger partial charge on any atom is 0.242 e. The van der Waals surface area contributed by atoms with Gasteiger partial charge in [0, 0.05) is 25.1 Å². The molecule has 0 saturated heterocycles. The number of carbonyl (C=O) groups excluding carboxylic acids is 2. The first kappa shape index (κ1) is 23.5. The van der Waals surface area contributed by atoms with Crippen molar-refractivity contribution in [3.63, 3.8) is 0 Å². The Kier molecular flexibility index (Phi) is 7.98. The molecule has 4 nitrogen and oxygen atoms in total. The molecule has 2 amide bonds. The number of nitrogens with zero attached hydrogens (tertiary/aromatic N) is 1. The van der Waals surface area contributed by atoms with Crippen LogP contribution in [0.4, 0.5) is 4.39 Å². The summed E-state index contributed by atoms with van der Waals surface area (Å²) in [7, 11) is 0. The van der Waals surface area contributed by atoms with E-state index in [1.807, 2.05) is 56.3 Å². The molecule has 0 fully saturated rings. The van der Waals surface area contributed by atoms with Gasteiger partial charge in [-0.15, -0.1) is 0 Å². The smallest absolute Gasteiger partial charge is 0.242 e. The van der Waals surface area contributed by atoms with Crippen LogP contribution in [0, 0.1) is 11.7 Å². The standard InChI is InChI=1S/C27H31FN2O2/c1-19(2)17-29-27(32)20(3)30(18-23-10-5-7-14-25(23)28)26(31)16-15-22-12-8-11-21-9-4-6-13-24(21)22/h4-14,19-20H,15-18H2,1-3H3,(H,29,32)/t20-/m0/s1. The number of hydrogen-bond acceptors (Lipinski definition) is 2. The Morgan fingerprint density at radius 2 is 1.56 bits per heavy atom. The van der Waals surface area contributed by atoms with E-state index in [9.17, 15) is 14.0 Å². The molecule has 0 aromatic heterocycles. The molecule has 0 aliphatic rings. The monoisotopic (exact) mass is 434 g/mol. The Balaban J connectivity index is 1.78. The molecular weight excluding hydrogens is 403 g/mol. The fourth-order valence-electron chi connectivity index (χ4n) is 3.74. The number of rotatable bonds is 9. The molecule has 0 spiro atoms. The zero-order valence-electron chi connectivity index (χ0n) is 19.0. The highest BCUT2D eigenvalue weighted by atomic mass is 19.1. The van der Waals surface area contributed by atoms with Crippen LogP contribution in [0.2, 0.25) is 0 Å². The molecule has 5 heteroatoms. The second kappa shape index (κ2) is 10.9. The summed E-state index contributed by atoms with van der Waals surface area (Å²) in [5, 5.41) is 5.13. The van der Waals surface area contributed by atoms with Crippen molar-refractivity contribution in [2.24, 2.45) is 5.92 Å². The minimum Gasteiger partial charge on any atom is -0.354 e. The molecule has 1 N–H and O–H groups in total. The van der Waals surface area contributed by atoms with Crippen LogP contribution >= 0.6 is 0 Å². The molecule has 0 heterocycles. The fourth-order valence-corrected chi connectivity index (χ4v) is 3.74. The maximum atomic E-state index is 14.3. The molecule has 32 heavy (non-hydrogen) atoms. The quantitative estimate of drug-likeness (QED) is 0.509. The van der Waals surface area contributed by atoms with Crippen LogP contribution in [-0.2, 0) is 22.6 Å². The zero-order chi connectivity index (χ0) is 23.1. The molecule has 0 saturated carbocycles. The summed E-state index contributed by atoms with van der Waals surface area (Å²) in [6.07, 6.45) is 0.790. The number of benzene rings is 3. The summed E-state index contributed by atoms with van der Waals surface area (Å²) in [6.45, 7) is 6.30. The number of aryl methyl sites for hydroxylation is 1. The Morgan fingerprint density at radius 3 is 2.31 bits per heavy atom. The lowest BCUT2D eigenvalue weighted by Gasteiger charge is -2.29. The number of amides is 2. The average molecular weight is 435 g/mol. The van der Waals surface area contributed by atoms with Gasteiger partial charge in [0.15, 0.2) is 0 Å². The Bertz CT molecular complexity index is 1070. The minimum atomic E-state index is -0.701. The Labute approximate surface area is 189 Å². The molecule has 0 aliphatic heterocycles. The largest absolute Gasteiger partial charge is 0.354 e. The van der Waals surface area contributed by atoms with Gasteiger partial charge in [0.25, 0.3) is 0 Å². The number of hydrogen-bond donors (Lipinski definition) is 1. The first-order chi connectivity index (χ1) is 15.4. The summed E-state index contributed by atoms with van der Waals surface area (Å²) in [4.78, 5) is 27.5. The van der Waals surface area contributed by atoms with Crippen molar-refractivity contribution in [1.82, 2.24) is 10.2 Å². The summed E-state index contributed by atoms with van der Waals surface area (Å²) >= 11 is 0. The number of nitrogens with one attached hydrogen (secondary N) is 1. The van der Waals surface area contributed by atoms with Crippen molar-refractivity contribution in [2.45, 2.75) is 46.2 Å². The van der Waals surface area contributed by atoms with Gasteiger partial charge in [0.1, 0.15) is 11.9 Å². The van der Waals surface area contributed by atoms with Crippen molar-refractivity contribution in [3.05, 3.63) is 83.7 Å². The van der Waals surface area contributed by atoms with Gasteiger partial charge in [-0.25, -0.2) is 4.39 Å². The molecule has 1 atom stereocenters. The lowest BCUT2D eigenvalue weighted by Crippen LogP contribution is -2.48. The van der Waals surface area contributed by atoms with Gasteiger partial charge in [-0.1, -0.05) is 74.5 Å². The summed E-state index contributed by atoms with van der Waals surface area (Å²) in [5.74, 6) is -0.482. The molecule has 3 rings (SSSR count). The molecule has 0 bridgehead atoms. The molecule has 3 aromatic carbocycles. The van der Waals surface area contributed by atoms with Gasteiger partial charge in [-0.2, -0.15) is 0 Å². The molecule has 3 aromatic rings. The van der Waals surface area contributed by atoms with Crippen LogP contribution in [0.25, 0.3) is 10.8 Å². The summed E-state index contributed by atoms with van der Waals surface area (Å²) < 4.78 is 14.3. The summed E-state index contributed by atoms with van der Waals surface area (Å²) in [5.41, 5.74) is 1.48. The SMILES string of the molecule is CC(C)CNC(=O)[C@H](C)N(Cc1ccccc1F)C(=O)CCc1cccc2ccccc12. The Morgan fingerprint density at radius 1 is 0.906 bits per heavy atom. The number of halogens is 1. The normalized spacial score (nSPS) is 12.0. The Hall–Kier alpha value is -3.21. The zero-order valence-corrected chi connectivity index (χ0v) is 19.0. The molecule has 168 valence electrons. The first-order valence-electron chi connectivity index (χ1n) is 11.1. The molecule has 0 radical (unpaired) electrons. The topological polar surface area (TPSA) is 49.4 Å². The third-order valence-electron chi connectivity index (χ3n) is 5.64. The van der Waals surface area contributed by atoms with E-state index in [-0.39, 0.29) is 30.6 Å². The van der Waals surface area contributed by atoms with Crippen LogP contribution in [-0.4, -0.2) is 29.3 Å². The third-order valence-corrected chi connectivity index (χ3v) is 5.64. The minimum absolute atomic E-state index is 0.0529. The van der Waals surface area contributed by atoms with Crippen molar-refractivity contribution in [1.29, 1.82) is 0 Å². The lowest BCUT2D eigenvalue weighted by molar-refractivity contribution is -0.140. The maximum absolute atomic E-state index is 14.3. The van der Waals surface area contributed by atoms with E-state index in [2.05, 4.69) is 5.32 Å². The predicted octanol–water partition coefficient (Wildman–Crippen LogP) is 5.10. The van der Waals surface area contributed by atoms with E-state index >= 15 is 0 Å². The van der Waals surface area contributed by atoms with Crippen molar-refractivity contribution >= 4 is 22.6 Å². The molecule has 0 unspecified atom stereocenters. The second-order valence-corrected chi connectivity index (χ2v) is 8.57. The van der Waals surface area contributed by atoms with E-state index in [1.54, 1.807) is 25.1 Å². The van der Waals surface area contributed by atoms with Crippen LogP contribution in [0.5, 0.6) is 0 Å². The van der Waals surface area contributed by atoms with E-state index in [1.165, 1.54) is 11.0 Å². The van der Waals surface area contributed by atoms with Crippen LogP contribution in [0.15, 0.2) is 66.7 Å². The van der Waals surface area contributed by atoms with Gasteiger partial charge in [-0.3, -0.25) is 9.59 Å². The highest BCUT2D eigenvalue weighted by molar-refractivity contribution is 5.88.